The van der Waals surface area contributed by atoms with Crippen LogP contribution in [-0.4, -0.2) is 25.7 Å². The summed E-state index contributed by atoms with van der Waals surface area (Å²) >= 11 is 0. The minimum atomic E-state index is -0.0216. The Kier molecular flexibility index (Phi) is 5.29. The zero-order valence-electron chi connectivity index (χ0n) is 15.6. The molecular weight excluding hydrogens is 342 g/mol. The third-order valence-electron chi connectivity index (χ3n) is 5.26. The summed E-state index contributed by atoms with van der Waals surface area (Å²) in [5, 5.41) is 8.15. The highest BCUT2D eigenvalue weighted by Crippen LogP contribution is 2.30. The molecule has 1 N–H and O–H groups in total. The highest BCUT2D eigenvalue weighted by molar-refractivity contribution is 5.76. The van der Waals surface area contributed by atoms with E-state index < -0.39 is 0 Å². The maximum Gasteiger partial charge on any atom is 0.261 e. The number of benzene rings is 1. The lowest BCUT2D eigenvalue weighted by Crippen LogP contribution is -2.34. The van der Waals surface area contributed by atoms with Crippen molar-refractivity contribution in [3.05, 3.63) is 52.7 Å². The first-order chi connectivity index (χ1) is 13.2. The summed E-state index contributed by atoms with van der Waals surface area (Å²) in [5.41, 5.74) is 0.701. The van der Waals surface area contributed by atoms with E-state index >= 15 is 0 Å². The van der Waals surface area contributed by atoms with Gasteiger partial charge in [0.05, 0.1) is 23.8 Å². The smallest absolute Gasteiger partial charge is 0.261 e. The molecule has 0 bridgehead atoms. The van der Waals surface area contributed by atoms with Crippen molar-refractivity contribution >= 4 is 10.9 Å². The molecule has 3 aromatic rings. The number of hydrogen-bond donors (Lipinski definition) is 1. The first kappa shape index (κ1) is 17.9. The van der Waals surface area contributed by atoms with Crippen LogP contribution in [0.2, 0.25) is 0 Å². The molecule has 1 saturated carbocycles. The molecule has 1 aromatic carbocycles. The van der Waals surface area contributed by atoms with E-state index in [4.69, 9.17) is 4.52 Å². The van der Waals surface area contributed by atoms with E-state index in [1.165, 1.54) is 19.3 Å². The molecule has 0 unspecified atom stereocenters. The Hall–Kier alpha value is -2.54. The van der Waals surface area contributed by atoms with Crippen LogP contribution < -0.4 is 10.9 Å². The molecule has 1 atom stereocenters. The molecular formula is C20H25N5O2. The van der Waals surface area contributed by atoms with Crippen molar-refractivity contribution in [3.63, 3.8) is 0 Å². The van der Waals surface area contributed by atoms with Crippen LogP contribution in [-0.2, 0) is 13.1 Å². The molecule has 7 heteroatoms. The lowest BCUT2D eigenvalue weighted by Gasteiger charge is -2.17. The molecule has 1 fully saturated rings. The fraction of sp³-hybridized carbons (Fsp3) is 0.500. The highest BCUT2D eigenvalue weighted by Gasteiger charge is 2.21. The number of aromatic nitrogens is 4. The van der Waals surface area contributed by atoms with E-state index in [1.807, 2.05) is 31.2 Å². The van der Waals surface area contributed by atoms with Crippen LogP contribution in [0, 0.1) is 0 Å². The van der Waals surface area contributed by atoms with Gasteiger partial charge in [-0.2, -0.15) is 4.98 Å². The van der Waals surface area contributed by atoms with Crippen molar-refractivity contribution in [2.75, 3.05) is 0 Å². The molecule has 0 amide bonds. The van der Waals surface area contributed by atoms with E-state index in [1.54, 1.807) is 10.9 Å². The molecule has 2 aromatic heterocycles. The van der Waals surface area contributed by atoms with Crippen LogP contribution in [0.15, 0.2) is 39.9 Å². The predicted octanol–water partition coefficient (Wildman–Crippen LogP) is 3.01. The molecule has 0 spiro atoms. The summed E-state index contributed by atoms with van der Waals surface area (Å²) < 4.78 is 7.04. The van der Waals surface area contributed by atoms with Crippen LogP contribution in [0.1, 0.15) is 56.7 Å². The standard InChI is InChI=1S/C20H25N5O2/c1-14(12-25-13-22-17-10-6-5-9-16(17)20(25)26)21-11-18-23-19(24-27-18)15-7-3-2-4-8-15/h5-6,9-10,13-15,21H,2-4,7-8,11-12H2,1H3/t14-/m1/s1. The second kappa shape index (κ2) is 8.00. The van der Waals surface area contributed by atoms with E-state index in [9.17, 15) is 4.79 Å². The largest absolute Gasteiger partial charge is 0.338 e. The maximum atomic E-state index is 12.6. The number of hydrogen-bond acceptors (Lipinski definition) is 6. The molecule has 4 rings (SSSR count). The zero-order chi connectivity index (χ0) is 18.6. The molecule has 1 aliphatic rings. The average molecular weight is 367 g/mol. The first-order valence-corrected chi connectivity index (χ1v) is 9.71. The van der Waals surface area contributed by atoms with Gasteiger partial charge in [0.1, 0.15) is 0 Å². The van der Waals surface area contributed by atoms with Gasteiger partial charge in [-0.05, 0) is 31.9 Å². The normalized spacial score (nSPS) is 16.6. The molecule has 27 heavy (non-hydrogen) atoms. The van der Waals surface area contributed by atoms with Gasteiger partial charge in [0.2, 0.25) is 5.89 Å². The summed E-state index contributed by atoms with van der Waals surface area (Å²) in [6.07, 6.45) is 7.72. The van der Waals surface area contributed by atoms with Crippen molar-refractivity contribution in [3.8, 4) is 0 Å². The molecule has 0 saturated heterocycles. The second-order valence-corrected chi connectivity index (χ2v) is 7.38. The zero-order valence-corrected chi connectivity index (χ0v) is 15.6. The van der Waals surface area contributed by atoms with Crippen LogP contribution >= 0.6 is 0 Å². The quantitative estimate of drug-likeness (QED) is 0.721. The third-order valence-corrected chi connectivity index (χ3v) is 5.26. The molecule has 7 nitrogen and oxygen atoms in total. The van der Waals surface area contributed by atoms with Crippen LogP contribution in [0.25, 0.3) is 10.9 Å². The summed E-state index contributed by atoms with van der Waals surface area (Å²) in [5.74, 6) is 1.89. The molecule has 2 heterocycles. The fourth-order valence-electron chi connectivity index (χ4n) is 3.72. The van der Waals surface area contributed by atoms with Crippen molar-refractivity contribution in [2.24, 2.45) is 0 Å². The summed E-state index contributed by atoms with van der Waals surface area (Å²) in [4.78, 5) is 21.5. The number of rotatable bonds is 6. The monoisotopic (exact) mass is 367 g/mol. The molecule has 0 aliphatic heterocycles. The van der Waals surface area contributed by atoms with E-state index in [0.29, 0.717) is 30.3 Å². The highest BCUT2D eigenvalue weighted by atomic mass is 16.5. The van der Waals surface area contributed by atoms with Crippen molar-refractivity contribution in [1.29, 1.82) is 0 Å². The van der Waals surface area contributed by atoms with E-state index in [2.05, 4.69) is 20.4 Å². The Morgan fingerprint density at radius 1 is 1.26 bits per heavy atom. The van der Waals surface area contributed by atoms with Crippen LogP contribution in [0.5, 0.6) is 0 Å². The summed E-state index contributed by atoms with van der Waals surface area (Å²) in [6.45, 7) is 3.05. The van der Waals surface area contributed by atoms with Gasteiger partial charge < -0.3 is 9.84 Å². The van der Waals surface area contributed by atoms with E-state index in [0.717, 1.165) is 24.2 Å². The first-order valence-electron chi connectivity index (χ1n) is 9.71. The lowest BCUT2D eigenvalue weighted by atomic mass is 9.89. The molecule has 142 valence electrons. The van der Waals surface area contributed by atoms with Crippen LogP contribution in [0.4, 0.5) is 0 Å². The van der Waals surface area contributed by atoms with Gasteiger partial charge in [-0.1, -0.05) is 36.6 Å². The SMILES string of the molecule is C[C@H](Cn1cnc2ccccc2c1=O)NCc1nc(C2CCCCC2)no1. The maximum absolute atomic E-state index is 12.6. The van der Waals surface area contributed by atoms with Crippen molar-refractivity contribution in [1.82, 2.24) is 25.0 Å². The fourth-order valence-corrected chi connectivity index (χ4v) is 3.72. The number of nitrogens with zero attached hydrogens (tertiary/aromatic N) is 4. The number of para-hydroxylation sites is 1. The second-order valence-electron chi connectivity index (χ2n) is 7.38. The Morgan fingerprint density at radius 3 is 2.93 bits per heavy atom. The topological polar surface area (TPSA) is 85.8 Å². The van der Waals surface area contributed by atoms with Gasteiger partial charge in [0.25, 0.3) is 5.56 Å². The Morgan fingerprint density at radius 2 is 2.07 bits per heavy atom. The van der Waals surface area contributed by atoms with Gasteiger partial charge in [-0.3, -0.25) is 9.36 Å². The lowest BCUT2D eigenvalue weighted by molar-refractivity contribution is 0.340. The summed E-state index contributed by atoms with van der Waals surface area (Å²) in [6, 6.07) is 7.47. The predicted molar refractivity (Wildman–Crippen MR) is 102 cm³/mol. The summed E-state index contributed by atoms with van der Waals surface area (Å²) in [7, 11) is 0. The molecule has 0 radical (unpaired) electrons. The van der Waals surface area contributed by atoms with Gasteiger partial charge in [0.15, 0.2) is 5.82 Å². The van der Waals surface area contributed by atoms with E-state index in [-0.39, 0.29) is 11.6 Å². The average Bonchev–Trinajstić information content (AvgIpc) is 3.19. The Balaban J connectivity index is 1.36. The minimum Gasteiger partial charge on any atom is -0.338 e. The van der Waals surface area contributed by atoms with Crippen molar-refractivity contribution < 1.29 is 4.52 Å². The van der Waals surface area contributed by atoms with Crippen LogP contribution in [0.3, 0.4) is 0 Å². The van der Waals surface area contributed by atoms with Crippen molar-refractivity contribution in [2.45, 2.75) is 64.1 Å². The molecule has 1 aliphatic carbocycles. The minimum absolute atomic E-state index is 0.0216. The van der Waals surface area contributed by atoms with Gasteiger partial charge in [0, 0.05) is 18.5 Å². The number of nitrogens with one attached hydrogen (secondary N) is 1. The Labute approximate surface area is 157 Å². The Bertz CT molecular complexity index is 958. The van der Waals surface area contributed by atoms with Gasteiger partial charge >= 0.3 is 0 Å². The van der Waals surface area contributed by atoms with Gasteiger partial charge in [-0.25, -0.2) is 4.98 Å². The number of fused-ring (bicyclic) bond motifs is 1. The third kappa shape index (κ3) is 4.08. The van der Waals surface area contributed by atoms with Gasteiger partial charge in [-0.15, -0.1) is 0 Å².